The Morgan fingerprint density at radius 2 is 1.81 bits per heavy atom. The molecule has 1 aliphatic heterocycles. The first-order valence-corrected chi connectivity index (χ1v) is 10.1. The monoisotopic (exact) mass is 423 g/mol. The summed E-state index contributed by atoms with van der Waals surface area (Å²) in [5, 5.41) is 1.06. The summed E-state index contributed by atoms with van der Waals surface area (Å²) in [5.41, 5.74) is 4.13. The normalized spacial score (nSPS) is 16.5. The number of nitrogens with zero attached hydrogens (tertiary/aromatic N) is 1. The molecular formula is C24H25NO6. The number of methoxy groups -OCH3 is 3. The van der Waals surface area contributed by atoms with Gasteiger partial charge in [-0.05, 0) is 48.7 Å². The van der Waals surface area contributed by atoms with Crippen molar-refractivity contribution in [3.8, 4) is 5.75 Å². The Kier molecular flexibility index (Phi) is 5.69. The number of carbonyl (C=O) groups is 2. The fraction of sp³-hybridized carbons (Fsp3) is 0.333. The van der Waals surface area contributed by atoms with Gasteiger partial charge in [0.2, 0.25) is 0 Å². The lowest BCUT2D eigenvalue weighted by molar-refractivity contribution is 0.0552. The Hall–Kier alpha value is -3.32. The molecule has 0 saturated heterocycles. The molecule has 0 radical (unpaired) electrons. The lowest BCUT2D eigenvalue weighted by Gasteiger charge is -2.32. The maximum absolute atomic E-state index is 12.7. The van der Waals surface area contributed by atoms with Crippen LogP contribution in [0.1, 0.15) is 43.4 Å². The smallest absolute Gasteiger partial charge is 0.339 e. The predicted octanol–water partition coefficient (Wildman–Crippen LogP) is 3.79. The van der Waals surface area contributed by atoms with Gasteiger partial charge in [0.1, 0.15) is 0 Å². The van der Waals surface area contributed by atoms with Gasteiger partial charge in [-0.15, -0.1) is 0 Å². The topological polar surface area (TPSA) is 78.2 Å². The van der Waals surface area contributed by atoms with E-state index in [0.717, 1.165) is 40.6 Å². The van der Waals surface area contributed by atoms with E-state index < -0.39 is 11.9 Å². The second-order valence-electron chi connectivity index (χ2n) is 7.60. The third kappa shape index (κ3) is 3.55. The van der Waals surface area contributed by atoms with Gasteiger partial charge in [-0.3, -0.25) is 4.90 Å². The Balaban J connectivity index is 1.89. The summed E-state index contributed by atoms with van der Waals surface area (Å²) in [6.07, 6.45) is 3.20. The van der Waals surface area contributed by atoms with E-state index >= 15 is 0 Å². The number of ether oxygens (including phenoxy) is 3. The van der Waals surface area contributed by atoms with Crippen molar-refractivity contribution in [1.82, 2.24) is 4.90 Å². The molecule has 0 bridgehead atoms. The minimum atomic E-state index is -0.570. The number of carbonyl (C=O) groups excluding carboxylic acids is 2. The van der Waals surface area contributed by atoms with Crippen LogP contribution in [-0.2, 0) is 22.3 Å². The molecular weight excluding hydrogens is 398 g/mol. The Morgan fingerprint density at radius 1 is 1.03 bits per heavy atom. The zero-order valence-corrected chi connectivity index (χ0v) is 18.1. The van der Waals surface area contributed by atoms with E-state index in [0.29, 0.717) is 12.2 Å². The van der Waals surface area contributed by atoms with E-state index in [1.54, 1.807) is 25.5 Å². The van der Waals surface area contributed by atoms with Crippen molar-refractivity contribution >= 4 is 22.9 Å². The molecule has 7 heteroatoms. The third-order valence-electron chi connectivity index (χ3n) is 6.00. The highest BCUT2D eigenvalue weighted by atomic mass is 16.5. The van der Waals surface area contributed by atoms with Crippen LogP contribution in [-0.4, -0.2) is 51.8 Å². The van der Waals surface area contributed by atoms with E-state index in [2.05, 4.69) is 4.90 Å². The van der Waals surface area contributed by atoms with Gasteiger partial charge in [0, 0.05) is 18.0 Å². The van der Waals surface area contributed by atoms with E-state index in [1.807, 2.05) is 25.2 Å². The van der Waals surface area contributed by atoms with Crippen LogP contribution in [0.4, 0.5) is 0 Å². The van der Waals surface area contributed by atoms with Gasteiger partial charge in [-0.25, -0.2) is 9.59 Å². The molecule has 0 saturated carbocycles. The minimum absolute atomic E-state index is 0.154. The molecule has 4 rings (SSSR count). The molecule has 0 spiro atoms. The first-order chi connectivity index (χ1) is 15.0. The highest BCUT2D eigenvalue weighted by Gasteiger charge is 2.31. The maximum atomic E-state index is 12.7. The maximum Gasteiger partial charge on any atom is 0.339 e. The predicted molar refractivity (Wildman–Crippen MR) is 115 cm³/mol. The van der Waals surface area contributed by atoms with Gasteiger partial charge in [0.15, 0.2) is 11.3 Å². The second kappa shape index (κ2) is 8.43. The molecule has 0 aliphatic carbocycles. The van der Waals surface area contributed by atoms with Gasteiger partial charge < -0.3 is 18.6 Å². The van der Waals surface area contributed by atoms with Crippen molar-refractivity contribution in [3.05, 3.63) is 64.4 Å². The Labute approximate surface area is 180 Å². The number of likely N-dealkylation sites (N-methyl/N-ethyl adjacent to an activating group) is 1. The van der Waals surface area contributed by atoms with Gasteiger partial charge >= 0.3 is 11.9 Å². The Bertz CT molecular complexity index is 1150. The number of esters is 2. The summed E-state index contributed by atoms with van der Waals surface area (Å²) < 4.78 is 21.2. The van der Waals surface area contributed by atoms with Crippen molar-refractivity contribution in [2.45, 2.75) is 18.9 Å². The second-order valence-corrected chi connectivity index (χ2v) is 7.60. The fourth-order valence-corrected chi connectivity index (χ4v) is 4.40. The van der Waals surface area contributed by atoms with E-state index in [-0.39, 0.29) is 17.2 Å². The van der Waals surface area contributed by atoms with Gasteiger partial charge in [0.05, 0.1) is 38.7 Å². The molecule has 1 aromatic heterocycles. The number of benzene rings is 2. The van der Waals surface area contributed by atoms with E-state index in [4.69, 9.17) is 18.6 Å². The van der Waals surface area contributed by atoms with Crippen LogP contribution < -0.4 is 4.74 Å². The summed E-state index contributed by atoms with van der Waals surface area (Å²) in [5.74, 6) is -0.437. The van der Waals surface area contributed by atoms with Crippen molar-refractivity contribution in [2.75, 3.05) is 34.9 Å². The molecule has 1 aliphatic rings. The number of hydrogen-bond donors (Lipinski definition) is 0. The van der Waals surface area contributed by atoms with Crippen LogP contribution in [0.2, 0.25) is 0 Å². The summed E-state index contributed by atoms with van der Waals surface area (Å²) in [6, 6.07) is 9.01. The molecule has 7 nitrogen and oxygen atoms in total. The molecule has 1 atom stereocenters. The van der Waals surface area contributed by atoms with Crippen LogP contribution >= 0.6 is 0 Å². The minimum Gasteiger partial charge on any atom is -0.493 e. The third-order valence-corrected chi connectivity index (χ3v) is 6.00. The van der Waals surface area contributed by atoms with Crippen molar-refractivity contribution in [1.29, 1.82) is 0 Å². The summed E-state index contributed by atoms with van der Waals surface area (Å²) in [6.45, 7) is 0.749. The first-order valence-electron chi connectivity index (χ1n) is 10.1. The molecule has 0 amide bonds. The zero-order valence-electron chi connectivity index (χ0n) is 18.1. The highest BCUT2D eigenvalue weighted by Crippen LogP contribution is 2.38. The average molecular weight is 423 g/mol. The molecule has 31 heavy (non-hydrogen) atoms. The number of rotatable bonds is 4. The quantitative estimate of drug-likeness (QED) is 0.591. The van der Waals surface area contributed by atoms with Crippen LogP contribution in [0.3, 0.4) is 0 Å². The molecule has 1 unspecified atom stereocenters. The lowest BCUT2D eigenvalue weighted by atomic mass is 9.88. The van der Waals surface area contributed by atoms with Crippen LogP contribution in [0.15, 0.2) is 41.0 Å². The van der Waals surface area contributed by atoms with Crippen molar-refractivity contribution < 1.29 is 28.2 Å². The SMILES string of the molecule is COC(=O)c1cccc(C2Cc3ccc(OC)c4occ(c34)CCN2C)c1C(=O)OC. The summed E-state index contributed by atoms with van der Waals surface area (Å²) >= 11 is 0. The fourth-order valence-electron chi connectivity index (χ4n) is 4.40. The zero-order chi connectivity index (χ0) is 22.1. The molecule has 2 heterocycles. The summed E-state index contributed by atoms with van der Waals surface area (Å²) in [7, 11) is 6.25. The summed E-state index contributed by atoms with van der Waals surface area (Å²) in [4.78, 5) is 27.3. The van der Waals surface area contributed by atoms with Crippen LogP contribution in [0.25, 0.3) is 11.0 Å². The lowest BCUT2D eigenvalue weighted by Crippen LogP contribution is -2.31. The first kappa shape index (κ1) is 20.9. The van der Waals surface area contributed by atoms with Gasteiger partial charge in [-0.1, -0.05) is 18.2 Å². The molecule has 0 N–H and O–H groups in total. The van der Waals surface area contributed by atoms with Crippen molar-refractivity contribution in [2.24, 2.45) is 0 Å². The Morgan fingerprint density at radius 3 is 2.52 bits per heavy atom. The van der Waals surface area contributed by atoms with Crippen LogP contribution in [0.5, 0.6) is 5.75 Å². The highest BCUT2D eigenvalue weighted by molar-refractivity contribution is 6.04. The number of furan rings is 1. The molecule has 2 aromatic carbocycles. The van der Waals surface area contributed by atoms with E-state index in [9.17, 15) is 9.59 Å². The largest absolute Gasteiger partial charge is 0.493 e. The average Bonchev–Trinajstić information content (AvgIpc) is 3.22. The molecule has 162 valence electrons. The van der Waals surface area contributed by atoms with Crippen molar-refractivity contribution in [3.63, 3.8) is 0 Å². The standard InChI is InChI=1S/C24H25NO6/c1-25-11-10-15-13-31-22-19(28-2)9-8-14(20(15)22)12-18(25)16-6-5-7-17(23(26)29-3)21(16)24(27)30-4/h5-9,13,18H,10-12H2,1-4H3. The van der Waals surface area contributed by atoms with Gasteiger partial charge in [-0.2, -0.15) is 0 Å². The van der Waals surface area contributed by atoms with Gasteiger partial charge in [0.25, 0.3) is 0 Å². The molecule has 0 fully saturated rings. The van der Waals surface area contributed by atoms with Crippen LogP contribution in [0, 0.1) is 0 Å². The number of hydrogen-bond acceptors (Lipinski definition) is 7. The van der Waals surface area contributed by atoms with E-state index in [1.165, 1.54) is 14.2 Å². The molecule has 3 aromatic rings.